The normalized spacial score (nSPS) is 20.1. The number of anilines is 2. The Hall–Kier alpha value is -2.67. The maximum Gasteiger partial charge on any atom is 0.341 e. The quantitative estimate of drug-likeness (QED) is 0.649. The van der Waals surface area contributed by atoms with Crippen LogP contribution in [0.25, 0.3) is 0 Å². The van der Waals surface area contributed by atoms with E-state index in [2.05, 4.69) is 10.6 Å². The van der Waals surface area contributed by atoms with Gasteiger partial charge < -0.3 is 15.4 Å². The highest BCUT2D eigenvalue weighted by Gasteiger charge is 2.39. The molecule has 2 aliphatic carbocycles. The number of nitrogens with one attached hydrogen (secondary N) is 2. The first kappa shape index (κ1) is 19.6. The topological polar surface area (TPSA) is 84.5 Å². The number of rotatable bonds is 7. The molecule has 1 aromatic carbocycles. The van der Waals surface area contributed by atoms with Crippen LogP contribution in [0.3, 0.4) is 0 Å². The van der Waals surface area contributed by atoms with Crippen molar-refractivity contribution in [2.45, 2.75) is 39.0 Å². The van der Waals surface area contributed by atoms with Crippen LogP contribution in [0.5, 0.6) is 0 Å². The first-order valence-corrected chi connectivity index (χ1v) is 10.9. The standard InChI is InChI=1S/C22H24N2O4S/c1-3-28-22(27)18-17(13-7-8-13)11-29-21(18)24-19(25)14-5-4-6-15(10-14)23-20(26)16-9-12(16)2/h4-6,10-13,16H,3,7-9H2,1-2H3,(H,23,26)(H,24,25). The van der Waals surface area contributed by atoms with Crippen LogP contribution in [0.4, 0.5) is 10.7 Å². The minimum absolute atomic E-state index is 0.00742. The lowest BCUT2D eigenvalue weighted by Gasteiger charge is -2.10. The summed E-state index contributed by atoms with van der Waals surface area (Å²) in [6.07, 6.45) is 3.01. The fourth-order valence-corrected chi connectivity index (χ4v) is 4.43. The molecule has 29 heavy (non-hydrogen) atoms. The van der Waals surface area contributed by atoms with Gasteiger partial charge in [-0.05, 0) is 67.2 Å². The molecule has 7 heteroatoms. The van der Waals surface area contributed by atoms with Gasteiger partial charge in [0.1, 0.15) is 5.00 Å². The van der Waals surface area contributed by atoms with Crippen molar-refractivity contribution in [3.8, 4) is 0 Å². The Labute approximate surface area is 173 Å². The maximum absolute atomic E-state index is 12.8. The second-order valence-electron chi connectivity index (χ2n) is 7.73. The number of thiophene rings is 1. The fourth-order valence-electron chi connectivity index (χ4n) is 3.41. The molecule has 2 N–H and O–H groups in total. The molecule has 152 valence electrons. The van der Waals surface area contributed by atoms with Gasteiger partial charge in [0.05, 0.1) is 12.2 Å². The Balaban J connectivity index is 1.50. The van der Waals surface area contributed by atoms with Crippen molar-refractivity contribution in [2.75, 3.05) is 17.2 Å². The van der Waals surface area contributed by atoms with Gasteiger partial charge in [-0.15, -0.1) is 11.3 Å². The van der Waals surface area contributed by atoms with Gasteiger partial charge in [0.25, 0.3) is 5.91 Å². The SMILES string of the molecule is CCOC(=O)c1c(C2CC2)csc1NC(=O)c1cccc(NC(=O)C2CC2C)c1. The van der Waals surface area contributed by atoms with Crippen molar-refractivity contribution >= 4 is 39.8 Å². The van der Waals surface area contributed by atoms with E-state index in [0.717, 1.165) is 24.8 Å². The molecule has 0 radical (unpaired) electrons. The lowest BCUT2D eigenvalue weighted by atomic mass is 10.1. The Morgan fingerprint density at radius 3 is 2.62 bits per heavy atom. The number of hydrogen-bond acceptors (Lipinski definition) is 5. The lowest BCUT2D eigenvalue weighted by Crippen LogP contribution is -2.17. The van der Waals surface area contributed by atoms with Crippen LogP contribution in [0.2, 0.25) is 0 Å². The molecule has 2 fully saturated rings. The van der Waals surface area contributed by atoms with E-state index in [1.165, 1.54) is 11.3 Å². The predicted molar refractivity (Wildman–Crippen MR) is 113 cm³/mol. The van der Waals surface area contributed by atoms with Gasteiger partial charge in [-0.1, -0.05) is 13.0 Å². The highest BCUT2D eigenvalue weighted by molar-refractivity contribution is 7.15. The number of benzene rings is 1. The molecule has 2 saturated carbocycles. The minimum atomic E-state index is -0.398. The molecule has 2 aromatic rings. The minimum Gasteiger partial charge on any atom is -0.462 e. The summed E-state index contributed by atoms with van der Waals surface area (Å²) in [5.41, 5.74) is 2.45. The lowest BCUT2D eigenvalue weighted by molar-refractivity contribution is -0.117. The molecule has 2 unspecified atom stereocenters. The monoisotopic (exact) mass is 412 g/mol. The molecular weight excluding hydrogens is 388 g/mol. The van der Waals surface area contributed by atoms with E-state index in [1.807, 2.05) is 12.3 Å². The van der Waals surface area contributed by atoms with E-state index < -0.39 is 5.97 Å². The van der Waals surface area contributed by atoms with Gasteiger partial charge in [-0.2, -0.15) is 0 Å². The molecule has 2 atom stereocenters. The third kappa shape index (κ3) is 4.34. The van der Waals surface area contributed by atoms with Crippen molar-refractivity contribution in [3.63, 3.8) is 0 Å². The van der Waals surface area contributed by atoms with Gasteiger partial charge in [-0.25, -0.2) is 4.79 Å². The number of hydrogen-bond donors (Lipinski definition) is 2. The highest BCUT2D eigenvalue weighted by atomic mass is 32.1. The molecule has 0 spiro atoms. The summed E-state index contributed by atoms with van der Waals surface area (Å²) in [5, 5.41) is 8.18. The summed E-state index contributed by atoms with van der Waals surface area (Å²) in [4.78, 5) is 37.4. The average molecular weight is 413 g/mol. The van der Waals surface area contributed by atoms with Gasteiger partial charge in [0.15, 0.2) is 0 Å². The second-order valence-corrected chi connectivity index (χ2v) is 8.61. The third-order valence-electron chi connectivity index (χ3n) is 5.38. The van der Waals surface area contributed by atoms with Crippen molar-refractivity contribution in [1.29, 1.82) is 0 Å². The third-order valence-corrected chi connectivity index (χ3v) is 6.30. The Morgan fingerprint density at radius 2 is 1.97 bits per heavy atom. The summed E-state index contributed by atoms with van der Waals surface area (Å²) in [5.74, 6) is 0.127. The molecule has 0 saturated heterocycles. The number of esters is 1. The van der Waals surface area contributed by atoms with Crippen molar-refractivity contribution in [1.82, 2.24) is 0 Å². The Morgan fingerprint density at radius 1 is 1.21 bits per heavy atom. The summed E-state index contributed by atoms with van der Waals surface area (Å²) in [7, 11) is 0. The molecule has 0 bridgehead atoms. The van der Waals surface area contributed by atoms with Gasteiger partial charge in [0.2, 0.25) is 5.91 Å². The van der Waals surface area contributed by atoms with Crippen molar-refractivity contribution < 1.29 is 19.1 Å². The van der Waals surface area contributed by atoms with E-state index in [9.17, 15) is 14.4 Å². The first-order valence-electron chi connectivity index (χ1n) is 9.98. The molecule has 1 heterocycles. The molecule has 4 rings (SSSR count). The highest BCUT2D eigenvalue weighted by Crippen LogP contribution is 2.46. The van der Waals surface area contributed by atoms with Gasteiger partial charge in [-0.3, -0.25) is 9.59 Å². The van der Waals surface area contributed by atoms with Crippen LogP contribution in [0.15, 0.2) is 29.6 Å². The number of carbonyl (C=O) groups excluding carboxylic acids is 3. The van der Waals surface area contributed by atoms with Gasteiger partial charge in [0, 0.05) is 17.2 Å². The number of carbonyl (C=O) groups is 3. The molecule has 1 aromatic heterocycles. The summed E-state index contributed by atoms with van der Waals surface area (Å²) in [6, 6.07) is 6.84. The zero-order chi connectivity index (χ0) is 20.5. The fraction of sp³-hybridized carbons (Fsp3) is 0.409. The van der Waals surface area contributed by atoms with Crippen molar-refractivity contribution in [3.05, 3.63) is 46.3 Å². The summed E-state index contributed by atoms with van der Waals surface area (Å²) < 4.78 is 5.20. The molecule has 2 aliphatic rings. The van der Waals surface area contributed by atoms with Crippen LogP contribution in [-0.4, -0.2) is 24.4 Å². The van der Waals surface area contributed by atoms with E-state index >= 15 is 0 Å². The van der Waals surface area contributed by atoms with Crippen LogP contribution >= 0.6 is 11.3 Å². The number of amides is 2. The average Bonchev–Trinajstić information content (AvgIpc) is 3.62. The number of ether oxygens (including phenoxy) is 1. The Bertz CT molecular complexity index is 963. The summed E-state index contributed by atoms with van der Waals surface area (Å²) in [6.45, 7) is 4.10. The van der Waals surface area contributed by atoms with Crippen molar-refractivity contribution in [2.24, 2.45) is 11.8 Å². The van der Waals surface area contributed by atoms with Crippen LogP contribution in [-0.2, 0) is 9.53 Å². The van der Waals surface area contributed by atoms with E-state index in [0.29, 0.717) is 33.7 Å². The van der Waals surface area contributed by atoms with E-state index in [-0.39, 0.29) is 24.3 Å². The van der Waals surface area contributed by atoms with Gasteiger partial charge >= 0.3 is 5.97 Å². The summed E-state index contributed by atoms with van der Waals surface area (Å²) >= 11 is 1.35. The second kappa shape index (κ2) is 7.99. The van der Waals surface area contributed by atoms with Crippen LogP contribution in [0.1, 0.15) is 65.3 Å². The smallest absolute Gasteiger partial charge is 0.341 e. The Kier molecular flexibility index (Phi) is 5.41. The predicted octanol–water partition coefficient (Wildman–Crippen LogP) is 4.65. The van der Waals surface area contributed by atoms with E-state index in [4.69, 9.17) is 4.74 Å². The largest absolute Gasteiger partial charge is 0.462 e. The van der Waals surface area contributed by atoms with Crippen LogP contribution in [0, 0.1) is 11.8 Å². The molecule has 2 amide bonds. The molecule has 6 nitrogen and oxygen atoms in total. The maximum atomic E-state index is 12.8. The molecule has 0 aliphatic heterocycles. The molecular formula is C22H24N2O4S. The van der Waals surface area contributed by atoms with Crippen LogP contribution < -0.4 is 10.6 Å². The first-order chi connectivity index (χ1) is 14.0. The zero-order valence-electron chi connectivity index (χ0n) is 16.5. The van der Waals surface area contributed by atoms with E-state index in [1.54, 1.807) is 31.2 Å². The zero-order valence-corrected chi connectivity index (χ0v) is 17.3.